The van der Waals surface area contributed by atoms with Crippen LogP contribution in [0.25, 0.3) is 0 Å². The van der Waals surface area contributed by atoms with E-state index < -0.39 is 0 Å². The quantitative estimate of drug-likeness (QED) is 0.792. The molecule has 3 heterocycles. The number of anilines is 4. The first kappa shape index (κ1) is 12.5. The molecule has 0 bridgehead atoms. The number of carbonyl (C=O) groups is 1. The standard InChI is InChI=1S/C12H13N7OS/c1-5-10(20)16-7-8(15-5)13-4-14-9(7)17-12-19-18-11(21-12)6-2-3-6/h4-6H,2-3H2,1H3,(H,16,20)(H2,13,14,15,17,19). The van der Waals surface area contributed by atoms with Gasteiger partial charge in [0.2, 0.25) is 11.0 Å². The van der Waals surface area contributed by atoms with Gasteiger partial charge in [-0.3, -0.25) is 4.79 Å². The van der Waals surface area contributed by atoms with Gasteiger partial charge in [-0.25, -0.2) is 9.97 Å². The average molecular weight is 303 g/mol. The molecule has 2 aliphatic rings. The Morgan fingerprint density at radius 2 is 2.19 bits per heavy atom. The van der Waals surface area contributed by atoms with Crippen LogP contribution in [-0.2, 0) is 4.79 Å². The molecule has 2 aromatic rings. The zero-order valence-corrected chi connectivity index (χ0v) is 12.1. The van der Waals surface area contributed by atoms with Crippen LogP contribution in [0.5, 0.6) is 0 Å². The Morgan fingerprint density at radius 3 is 3.00 bits per heavy atom. The van der Waals surface area contributed by atoms with Crippen molar-refractivity contribution >= 4 is 39.7 Å². The van der Waals surface area contributed by atoms with Crippen molar-refractivity contribution in [1.82, 2.24) is 20.2 Å². The molecule has 8 nitrogen and oxygen atoms in total. The number of aromatic nitrogens is 4. The summed E-state index contributed by atoms with van der Waals surface area (Å²) in [5, 5.41) is 19.0. The first-order valence-corrected chi connectivity index (χ1v) is 7.55. The van der Waals surface area contributed by atoms with Crippen LogP contribution in [0.1, 0.15) is 30.7 Å². The summed E-state index contributed by atoms with van der Waals surface area (Å²) in [4.78, 5) is 20.1. The molecule has 1 atom stereocenters. The van der Waals surface area contributed by atoms with E-state index in [0.717, 1.165) is 5.01 Å². The molecule has 9 heteroatoms. The molecule has 0 saturated heterocycles. The minimum atomic E-state index is -0.316. The van der Waals surface area contributed by atoms with Crippen LogP contribution in [0.4, 0.5) is 22.5 Å². The molecule has 3 N–H and O–H groups in total. The summed E-state index contributed by atoms with van der Waals surface area (Å²) in [6, 6.07) is -0.316. The Labute approximate surface area is 124 Å². The maximum atomic E-state index is 11.8. The third-order valence-corrected chi connectivity index (χ3v) is 4.44. The van der Waals surface area contributed by atoms with Crippen LogP contribution in [0.3, 0.4) is 0 Å². The maximum absolute atomic E-state index is 11.8. The van der Waals surface area contributed by atoms with E-state index in [2.05, 4.69) is 36.1 Å². The minimum absolute atomic E-state index is 0.115. The van der Waals surface area contributed by atoms with E-state index >= 15 is 0 Å². The van der Waals surface area contributed by atoms with Gasteiger partial charge in [-0.1, -0.05) is 11.3 Å². The largest absolute Gasteiger partial charge is 0.357 e. The van der Waals surface area contributed by atoms with Gasteiger partial charge in [0, 0.05) is 5.92 Å². The first-order chi connectivity index (χ1) is 10.2. The Morgan fingerprint density at radius 1 is 1.33 bits per heavy atom. The molecule has 0 spiro atoms. The van der Waals surface area contributed by atoms with Crippen molar-refractivity contribution < 1.29 is 4.79 Å². The average Bonchev–Trinajstić information content (AvgIpc) is 3.22. The minimum Gasteiger partial charge on any atom is -0.357 e. The van der Waals surface area contributed by atoms with Gasteiger partial charge in [-0.15, -0.1) is 10.2 Å². The van der Waals surface area contributed by atoms with E-state index in [-0.39, 0.29) is 11.9 Å². The number of amides is 1. The fraction of sp³-hybridized carbons (Fsp3) is 0.417. The van der Waals surface area contributed by atoms with Crippen LogP contribution in [0.15, 0.2) is 6.33 Å². The van der Waals surface area contributed by atoms with Crippen molar-refractivity contribution in [1.29, 1.82) is 0 Å². The van der Waals surface area contributed by atoms with Gasteiger partial charge >= 0.3 is 0 Å². The molecule has 1 aliphatic carbocycles. The Balaban J connectivity index is 1.62. The van der Waals surface area contributed by atoms with Crippen molar-refractivity contribution in [3.05, 3.63) is 11.3 Å². The number of nitrogens with one attached hydrogen (secondary N) is 3. The van der Waals surface area contributed by atoms with E-state index in [4.69, 9.17) is 0 Å². The molecule has 108 valence electrons. The zero-order valence-electron chi connectivity index (χ0n) is 11.3. The second kappa shape index (κ2) is 4.62. The van der Waals surface area contributed by atoms with Crippen molar-refractivity contribution in [2.45, 2.75) is 31.7 Å². The lowest BCUT2D eigenvalue weighted by molar-refractivity contribution is -0.116. The molecular formula is C12H13N7OS. The second-order valence-electron chi connectivity index (χ2n) is 5.15. The number of hydrogen-bond acceptors (Lipinski definition) is 8. The molecular weight excluding hydrogens is 290 g/mol. The van der Waals surface area contributed by atoms with E-state index in [1.54, 1.807) is 6.92 Å². The summed E-state index contributed by atoms with van der Waals surface area (Å²) in [7, 11) is 0. The third-order valence-electron chi connectivity index (χ3n) is 3.43. The fourth-order valence-corrected chi connectivity index (χ4v) is 3.00. The summed E-state index contributed by atoms with van der Waals surface area (Å²) >= 11 is 1.52. The van der Waals surface area contributed by atoms with Gasteiger partial charge in [-0.05, 0) is 19.8 Å². The predicted octanol–water partition coefficient (Wildman–Crippen LogP) is 1.70. The van der Waals surface area contributed by atoms with Crippen molar-refractivity contribution in [3.63, 3.8) is 0 Å². The highest BCUT2D eigenvalue weighted by atomic mass is 32.1. The molecule has 1 amide bonds. The number of rotatable bonds is 3. The highest BCUT2D eigenvalue weighted by Crippen LogP contribution is 2.42. The monoisotopic (exact) mass is 303 g/mol. The summed E-state index contributed by atoms with van der Waals surface area (Å²) in [6.07, 6.45) is 3.83. The molecule has 1 aliphatic heterocycles. The molecule has 4 rings (SSSR count). The zero-order chi connectivity index (χ0) is 14.4. The Hall–Kier alpha value is -2.29. The van der Waals surface area contributed by atoms with Crippen molar-refractivity contribution in [2.75, 3.05) is 16.0 Å². The lowest BCUT2D eigenvalue weighted by atomic mass is 10.2. The van der Waals surface area contributed by atoms with E-state index in [1.165, 1.54) is 30.5 Å². The smallest absolute Gasteiger partial charge is 0.246 e. The molecule has 21 heavy (non-hydrogen) atoms. The van der Waals surface area contributed by atoms with E-state index in [1.807, 2.05) is 0 Å². The van der Waals surface area contributed by atoms with Gasteiger partial charge in [0.1, 0.15) is 23.1 Å². The van der Waals surface area contributed by atoms with Crippen molar-refractivity contribution in [2.24, 2.45) is 0 Å². The molecule has 1 unspecified atom stereocenters. The molecule has 2 aromatic heterocycles. The SMILES string of the molecule is CC1Nc2ncnc(Nc3nnc(C4CC4)s3)c2NC1=O. The third kappa shape index (κ3) is 2.29. The van der Waals surface area contributed by atoms with E-state index in [0.29, 0.717) is 28.4 Å². The van der Waals surface area contributed by atoms with Crippen LogP contribution in [0.2, 0.25) is 0 Å². The summed E-state index contributed by atoms with van der Waals surface area (Å²) < 4.78 is 0. The Kier molecular flexibility index (Phi) is 2.74. The first-order valence-electron chi connectivity index (χ1n) is 6.73. The van der Waals surface area contributed by atoms with Crippen LogP contribution < -0.4 is 16.0 Å². The topological polar surface area (TPSA) is 105 Å². The molecule has 1 fully saturated rings. The molecule has 0 aromatic carbocycles. The van der Waals surface area contributed by atoms with Gasteiger partial charge in [-0.2, -0.15) is 0 Å². The van der Waals surface area contributed by atoms with Crippen LogP contribution in [-0.4, -0.2) is 32.1 Å². The van der Waals surface area contributed by atoms with Gasteiger partial charge in [0.25, 0.3) is 0 Å². The molecule has 0 radical (unpaired) electrons. The lowest BCUT2D eigenvalue weighted by Crippen LogP contribution is -2.37. The van der Waals surface area contributed by atoms with Gasteiger partial charge in [0.15, 0.2) is 11.6 Å². The lowest BCUT2D eigenvalue weighted by Gasteiger charge is -2.24. The van der Waals surface area contributed by atoms with Crippen LogP contribution in [0, 0.1) is 0 Å². The number of hydrogen-bond donors (Lipinski definition) is 3. The Bertz CT molecular complexity index is 711. The predicted molar refractivity (Wildman–Crippen MR) is 78.9 cm³/mol. The maximum Gasteiger partial charge on any atom is 0.246 e. The summed E-state index contributed by atoms with van der Waals surface area (Å²) in [5.74, 6) is 1.58. The normalized spacial score (nSPS) is 20.4. The van der Waals surface area contributed by atoms with Gasteiger partial charge < -0.3 is 16.0 Å². The number of carbonyl (C=O) groups excluding carboxylic acids is 1. The summed E-state index contributed by atoms with van der Waals surface area (Å²) in [5.41, 5.74) is 0.545. The van der Waals surface area contributed by atoms with Crippen LogP contribution >= 0.6 is 11.3 Å². The number of nitrogens with zero attached hydrogens (tertiary/aromatic N) is 4. The van der Waals surface area contributed by atoms with Gasteiger partial charge in [0.05, 0.1) is 0 Å². The highest BCUT2D eigenvalue weighted by molar-refractivity contribution is 7.15. The summed E-state index contributed by atoms with van der Waals surface area (Å²) in [6.45, 7) is 1.78. The molecule has 1 saturated carbocycles. The van der Waals surface area contributed by atoms with Crippen molar-refractivity contribution in [3.8, 4) is 0 Å². The van der Waals surface area contributed by atoms with E-state index in [9.17, 15) is 4.79 Å². The highest BCUT2D eigenvalue weighted by Gasteiger charge is 2.28. The fourth-order valence-electron chi connectivity index (χ4n) is 2.09. The second-order valence-corrected chi connectivity index (χ2v) is 6.15. The number of fused-ring (bicyclic) bond motifs is 1.